The zero-order valence-corrected chi connectivity index (χ0v) is 21.5. The van der Waals surface area contributed by atoms with E-state index in [9.17, 15) is 14.7 Å². The van der Waals surface area contributed by atoms with Crippen molar-refractivity contribution in [3.63, 3.8) is 0 Å². The molecule has 2 heterocycles. The predicted octanol–water partition coefficient (Wildman–Crippen LogP) is 5.26. The van der Waals surface area contributed by atoms with E-state index >= 15 is 0 Å². The van der Waals surface area contributed by atoms with Crippen LogP contribution in [0.15, 0.2) is 81.0 Å². The van der Waals surface area contributed by atoms with Gasteiger partial charge in [0.25, 0.3) is 5.56 Å². The van der Waals surface area contributed by atoms with E-state index in [1.807, 2.05) is 25.1 Å². The fourth-order valence-corrected chi connectivity index (χ4v) is 4.07. The van der Waals surface area contributed by atoms with Crippen LogP contribution in [-0.4, -0.2) is 47.1 Å². The molecule has 192 valence electrons. The summed E-state index contributed by atoms with van der Waals surface area (Å²) in [6.45, 7) is 1.44. The molecule has 3 aromatic carbocycles. The largest absolute Gasteiger partial charge is 0.479 e. The summed E-state index contributed by atoms with van der Waals surface area (Å²) in [6, 6.07) is 19.2. The van der Waals surface area contributed by atoms with E-state index in [-0.39, 0.29) is 5.82 Å². The molecule has 0 aliphatic carbocycles. The second kappa shape index (κ2) is 10.0. The number of carboxylic acid groups (broad SMARTS) is 1. The number of para-hydroxylation sites is 1. The van der Waals surface area contributed by atoms with Crippen molar-refractivity contribution >= 4 is 51.3 Å². The highest BCUT2D eigenvalue weighted by atomic mass is 35.5. The Hall–Kier alpha value is -4.63. The Bertz CT molecular complexity index is 1770. The Kier molecular flexibility index (Phi) is 6.61. The van der Waals surface area contributed by atoms with E-state index in [4.69, 9.17) is 20.8 Å². The molecule has 0 amide bonds. The Morgan fingerprint density at radius 3 is 2.71 bits per heavy atom. The molecule has 38 heavy (non-hydrogen) atoms. The number of ether oxygens (including phenoxy) is 1. The lowest BCUT2D eigenvalue weighted by atomic mass is 10.2. The number of carboxylic acids is 1. The number of nitrogens with zero attached hydrogens (tertiary/aromatic N) is 4. The first kappa shape index (κ1) is 25.0. The Morgan fingerprint density at radius 1 is 1.16 bits per heavy atom. The lowest BCUT2D eigenvalue weighted by molar-refractivity contribution is -0.144. The SMILES string of the molecule is C[C@H](Oc1cc(N(C)C)ccc1C=Nn1c(-c2cc3cc(Cl)ccc3o2)nc2ccccc2c1=O)C(=O)O. The van der Waals surface area contributed by atoms with E-state index in [1.165, 1.54) is 13.1 Å². The normalized spacial score (nSPS) is 12.3. The van der Waals surface area contributed by atoms with Crippen LogP contribution in [0.2, 0.25) is 5.02 Å². The van der Waals surface area contributed by atoms with E-state index in [0.717, 1.165) is 15.7 Å². The van der Waals surface area contributed by atoms with Crippen LogP contribution in [0.25, 0.3) is 33.5 Å². The van der Waals surface area contributed by atoms with Crippen molar-refractivity contribution < 1.29 is 19.1 Å². The fourth-order valence-electron chi connectivity index (χ4n) is 3.89. The third-order valence-electron chi connectivity index (χ3n) is 5.93. The van der Waals surface area contributed by atoms with Gasteiger partial charge in [-0.3, -0.25) is 4.79 Å². The molecule has 0 aliphatic heterocycles. The van der Waals surface area contributed by atoms with Crippen molar-refractivity contribution in [1.82, 2.24) is 9.66 Å². The van der Waals surface area contributed by atoms with Crippen molar-refractivity contribution in [2.75, 3.05) is 19.0 Å². The van der Waals surface area contributed by atoms with E-state index < -0.39 is 17.6 Å². The van der Waals surface area contributed by atoms with Crippen LogP contribution in [-0.2, 0) is 4.79 Å². The Morgan fingerprint density at radius 2 is 1.95 bits per heavy atom. The van der Waals surface area contributed by atoms with Crippen molar-refractivity contribution in [1.29, 1.82) is 0 Å². The maximum Gasteiger partial charge on any atom is 0.344 e. The average molecular weight is 531 g/mol. The van der Waals surface area contributed by atoms with Crippen molar-refractivity contribution in [2.45, 2.75) is 13.0 Å². The highest BCUT2D eigenvalue weighted by molar-refractivity contribution is 6.31. The van der Waals surface area contributed by atoms with Crippen molar-refractivity contribution in [3.8, 4) is 17.3 Å². The standard InChI is InChI=1S/C28H23ClN4O5/c1-16(28(35)36)37-24-14-20(32(2)3)10-8-17(24)15-30-33-26(31-22-7-5-4-6-21(22)27(33)34)25-13-18-12-19(29)9-11-23(18)38-25/h4-16H,1-3H3,(H,35,36)/t16-/m0/s1. The minimum Gasteiger partial charge on any atom is -0.479 e. The second-order valence-electron chi connectivity index (χ2n) is 8.82. The van der Waals surface area contributed by atoms with Crippen LogP contribution >= 0.6 is 11.6 Å². The number of fused-ring (bicyclic) bond motifs is 2. The summed E-state index contributed by atoms with van der Waals surface area (Å²) in [5.74, 6) is -0.272. The highest BCUT2D eigenvalue weighted by Gasteiger charge is 2.18. The quantitative estimate of drug-likeness (QED) is 0.286. The van der Waals surface area contributed by atoms with Gasteiger partial charge in [0.05, 0.1) is 17.1 Å². The maximum atomic E-state index is 13.5. The number of hydrogen-bond donors (Lipinski definition) is 1. The molecule has 0 radical (unpaired) electrons. The number of benzene rings is 3. The summed E-state index contributed by atoms with van der Waals surface area (Å²) >= 11 is 6.14. The van der Waals surface area contributed by atoms with Gasteiger partial charge in [0.1, 0.15) is 11.3 Å². The molecule has 5 rings (SSSR count). The molecular formula is C28H23ClN4O5. The lowest BCUT2D eigenvalue weighted by Gasteiger charge is -2.17. The molecule has 0 bridgehead atoms. The van der Waals surface area contributed by atoms with Gasteiger partial charge < -0.3 is 19.2 Å². The molecule has 10 heteroatoms. The molecular weight excluding hydrogens is 508 g/mol. The summed E-state index contributed by atoms with van der Waals surface area (Å²) in [5.41, 5.74) is 1.96. The van der Waals surface area contributed by atoms with Gasteiger partial charge in [-0.05, 0) is 55.5 Å². The number of rotatable bonds is 7. The number of aromatic nitrogens is 2. The first-order valence-electron chi connectivity index (χ1n) is 11.7. The van der Waals surface area contributed by atoms with E-state index in [2.05, 4.69) is 10.1 Å². The smallest absolute Gasteiger partial charge is 0.344 e. The number of halogens is 1. The molecule has 0 saturated carbocycles. The predicted molar refractivity (Wildman–Crippen MR) is 148 cm³/mol. The van der Waals surface area contributed by atoms with Gasteiger partial charge >= 0.3 is 5.97 Å². The first-order chi connectivity index (χ1) is 18.2. The van der Waals surface area contributed by atoms with Gasteiger partial charge in [0.2, 0.25) is 5.82 Å². The number of anilines is 1. The highest BCUT2D eigenvalue weighted by Crippen LogP contribution is 2.29. The number of carbonyl (C=O) groups is 1. The maximum absolute atomic E-state index is 13.5. The topological polar surface area (TPSA) is 110 Å². The molecule has 9 nitrogen and oxygen atoms in total. The lowest BCUT2D eigenvalue weighted by Crippen LogP contribution is -2.24. The van der Waals surface area contributed by atoms with Crippen molar-refractivity contribution in [3.05, 3.63) is 87.7 Å². The fraction of sp³-hybridized carbons (Fsp3) is 0.143. The summed E-state index contributed by atoms with van der Waals surface area (Å²) in [7, 11) is 3.72. The molecule has 1 atom stereocenters. The number of furan rings is 1. The molecule has 0 aliphatic rings. The zero-order chi connectivity index (χ0) is 27.0. The van der Waals surface area contributed by atoms with Gasteiger partial charge in [-0.15, -0.1) is 0 Å². The second-order valence-corrected chi connectivity index (χ2v) is 9.26. The molecule has 0 spiro atoms. The summed E-state index contributed by atoms with van der Waals surface area (Å²) < 4.78 is 12.9. The van der Waals surface area contributed by atoms with Crippen LogP contribution in [0.3, 0.4) is 0 Å². The van der Waals surface area contributed by atoms with Crippen LogP contribution in [0.1, 0.15) is 12.5 Å². The third kappa shape index (κ3) is 4.83. The summed E-state index contributed by atoms with van der Waals surface area (Å²) in [6.07, 6.45) is 0.340. The van der Waals surface area contributed by atoms with Crippen LogP contribution in [0.5, 0.6) is 5.75 Å². The number of aliphatic carboxylic acids is 1. The molecule has 2 aromatic heterocycles. The van der Waals surface area contributed by atoms with Gasteiger partial charge in [0, 0.05) is 41.8 Å². The van der Waals surface area contributed by atoms with Gasteiger partial charge in [-0.1, -0.05) is 23.7 Å². The van der Waals surface area contributed by atoms with Gasteiger partial charge in [0.15, 0.2) is 11.9 Å². The van der Waals surface area contributed by atoms with E-state index in [0.29, 0.717) is 38.6 Å². The minimum atomic E-state index is -1.11. The van der Waals surface area contributed by atoms with Gasteiger partial charge in [-0.2, -0.15) is 9.78 Å². The monoisotopic (exact) mass is 530 g/mol. The zero-order valence-electron chi connectivity index (χ0n) is 20.8. The first-order valence-corrected chi connectivity index (χ1v) is 12.1. The van der Waals surface area contributed by atoms with E-state index in [1.54, 1.807) is 60.7 Å². The minimum absolute atomic E-state index is 0.198. The summed E-state index contributed by atoms with van der Waals surface area (Å²) in [5, 5.41) is 15.5. The van der Waals surface area contributed by atoms with Crippen LogP contribution < -0.4 is 15.2 Å². The Labute approximate surface area is 222 Å². The number of hydrogen-bond acceptors (Lipinski definition) is 7. The molecule has 0 fully saturated rings. The van der Waals surface area contributed by atoms with Crippen LogP contribution in [0.4, 0.5) is 5.69 Å². The molecule has 0 unspecified atom stereocenters. The molecule has 1 N–H and O–H groups in total. The molecule has 0 saturated heterocycles. The van der Waals surface area contributed by atoms with Crippen molar-refractivity contribution in [2.24, 2.45) is 5.10 Å². The van der Waals surface area contributed by atoms with Crippen LogP contribution in [0, 0.1) is 0 Å². The average Bonchev–Trinajstić information content (AvgIpc) is 3.31. The molecule has 5 aromatic rings. The summed E-state index contributed by atoms with van der Waals surface area (Å²) in [4.78, 5) is 31.5. The Balaban J connectivity index is 1.67. The van der Waals surface area contributed by atoms with Gasteiger partial charge in [-0.25, -0.2) is 9.78 Å². The third-order valence-corrected chi connectivity index (χ3v) is 6.16.